The molecule has 106 valence electrons. The molecule has 1 aromatic rings. The summed E-state index contributed by atoms with van der Waals surface area (Å²) in [4.78, 5) is 18.3. The molecule has 19 heavy (non-hydrogen) atoms. The number of hydrogen-bond acceptors (Lipinski definition) is 4. The molecule has 2 rings (SSSR count). The molecule has 0 bridgehead atoms. The molecule has 0 atom stereocenters. The van der Waals surface area contributed by atoms with Crippen molar-refractivity contribution in [2.24, 2.45) is 0 Å². The Morgan fingerprint density at radius 2 is 2.26 bits per heavy atom. The molecule has 1 aliphatic rings. The molecule has 1 aliphatic heterocycles. The molecule has 2 heterocycles. The maximum absolute atomic E-state index is 12.1. The van der Waals surface area contributed by atoms with Crippen LogP contribution in [0.3, 0.4) is 0 Å². The van der Waals surface area contributed by atoms with E-state index in [4.69, 9.17) is 4.74 Å². The van der Waals surface area contributed by atoms with Crippen LogP contribution in [0.2, 0.25) is 0 Å². The molecule has 1 N–H and O–H groups in total. The molecule has 0 aliphatic carbocycles. The SMILES string of the molecule is CCCNCc1nccn1CC(=O)N1CCOCC1. The Morgan fingerprint density at radius 3 is 3.00 bits per heavy atom. The number of nitrogens with zero attached hydrogens (tertiary/aromatic N) is 3. The average molecular weight is 266 g/mol. The third kappa shape index (κ3) is 4.04. The first-order valence-corrected chi connectivity index (χ1v) is 6.87. The maximum Gasteiger partial charge on any atom is 0.242 e. The van der Waals surface area contributed by atoms with Crippen molar-refractivity contribution in [1.29, 1.82) is 0 Å². The number of rotatable bonds is 6. The highest BCUT2D eigenvalue weighted by Gasteiger charge is 2.17. The van der Waals surface area contributed by atoms with Crippen molar-refractivity contribution in [1.82, 2.24) is 19.8 Å². The van der Waals surface area contributed by atoms with Gasteiger partial charge in [-0.1, -0.05) is 6.92 Å². The van der Waals surface area contributed by atoms with E-state index in [1.165, 1.54) is 0 Å². The number of morpholine rings is 1. The Morgan fingerprint density at radius 1 is 1.47 bits per heavy atom. The number of nitrogens with one attached hydrogen (secondary N) is 1. The molecule has 6 nitrogen and oxygen atoms in total. The Labute approximate surface area is 113 Å². The first kappa shape index (κ1) is 14.0. The number of hydrogen-bond donors (Lipinski definition) is 1. The van der Waals surface area contributed by atoms with Crippen LogP contribution >= 0.6 is 0 Å². The van der Waals surface area contributed by atoms with E-state index in [0.29, 0.717) is 39.4 Å². The Balaban J connectivity index is 1.87. The van der Waals surface area contributed by atoms with E-state index in [-0.39, 0.29) is 5.91 Å². The van der Waals surface area contributed by atoms with Crippen LogP contribution in [0.25, 0.3) is 0 Å². The van der Waals surface area contributed by atoms with Gasteiger partial charge in [0.15, 0.2) is 0 Å². The lowest BCUT2D eigenvalue weighted by atomic mass is 10.4. The average Bonchev–Trinajstić information content (AvgIpc) is 2.87. The fourth-order valence-corrected chi connectivity index (χ4v) is 2.09. The van der Waals surface area contributed by atoms with Crippen molar-refractivity contribution in [2.45, 2.75) is 26.4 Å². The predicted octanol–water partition coefficient (Wildman–Crippen LogP) is 0.242. The molecule has 1 fully saturated rings. The number of imidazole rings is 1. The van der Waals surface area contributed by atoms with Gasteiger partial charge in [-0.05, 0) is 13.0 Å². The molecule has 0 saturated carbocycles. The van der Waals surface area contributed by atoms with Crippen LogP contribution in [0, 0.1) is 0 Å². The van der Waals surface area contributed by atoms with Crippen molar-refractivity contribution in [3.05, 3.63) is 18.2 Å². The zero-order chi connectivity index (χ0) is 13.5. The fraction of sp³-hybridized carbons (Fsp3) is 0.692. The lowest BCUT2D eigenvalue weighted by Crippen LogP contribution is -2.42. The number of carbonyl (C=O) groups is 1. The van der Waals surface area contributed by atoms with Gasteiger partial charge in [0.2, 0.25) is 5.91 Å². The van der Waals surface area contributed by atoms with Crippen LogP contribution in [0.5, 0.6) is 0 Å². The van der Waals surface area contributed by atoms with Crippen molar-refractivity contribution in [2.75, 3.05) is 32.8 Å². The second kappa shape index (κ2) is 7.25. The number of ether oxygens (including phenoxy) is 1. The molecule has 0 unspecified atom stereocenters. The van der Waals surface area contributed by atoms with Crippen molar-refractivity contribution >= 4 is 5.91 Å². The summed E-state index contributed by atoms with van der Waals surface area (Å²) in [7, 11) is 0. The van der Waals surface area contributed by atoms with E-state index in [9.17, 15) is 4.79 Å². The summed E-state index contributed by atoms with van der Waals surface area (Å²) >= 11 is 0. The van der Waals surface area contributed by atoms with Crippen LogP contribution < -0.4 is 5.32 Å². The largest absolute Gasteiger partial charge is 0.378 e. The summed E-state index contributed by atoms with van der Waals surface area (Å²) in [6.45, 7) is 6.82. The Kier molecular flexibility index (Phi) is 5.35. The molecule has 1 aromatic heterocycles. The Hall–Kier alpha value is -1.40. The summed E-state index contributed by atoms with van der Waals surface area (Å²) in [6.07, 6.45) is 4.70. The van der Waals surface area contributed by atoms with E-state index in [0.717, 1.165) is 18.8 Å². The highest BCUT2D eigenvalue weighted by molar-refractivity contribution is 5.76. The van der Waals surface area contributed by atoms with E-state index >= 15 is 0 Å². The molecule has 0 aromatic carbocycles. The van der Waals surface area contributed by atoms with Crippen LogP contribution in [-0.2, 0) is 22.6 Å². The molecular weight excluding hydrogens is 244 g/mol. The van der Waals surface area contributed by atoms with Crippen molar-refractivity contribution in [3.8, 4) is 0 Å². The monoisotopic (exact) mass is 266 g/mol. The summed E-state index contributed by atoms with van der Waals surface area (Å²) in [6, 6.07) is 0. The fourth-order valence-electron chi connectivity index (χ4n) is 2.09. The van der Waals surface area contributed by atoms with Gasteiger partial charge < -0.3 is 19.5 Å². The summed E-state index contributed by atoms with van der Waals surface area (Å²) in [5, 5.41) is 3.30. The Bertz CT molecular complexity index is 399. The van der Waals surface area contributed by atoms with Gasteiger partial charge in [0.25, 0.3) is 0 Å². The second-order valence-electron chi connectivity index (χ2n) is 4.64. The van der Waals surface area contributed by atoms with Gasteiger partial charge in [0, 0.05) is 25.5 Å². The minimum absolute atomic E-state index is 0.137. The van der Waals surface area contributed by atoms with Gasteiger partial charge in [-0.25, -0.2) is 4.98 Å². The first-order chi connectivity index (χ1) is 9.31. The zero-order valence-electron chi connectivity index (χ0n) is 11.5. The summed E-state index contributed by atoms with van der Waals surface area (Å²) in [5.74, 6) is 1.05. The van der Waals surface area contributed by atoms with Crippen LogP contribution in [0.15, 0.2) is 12.4 Å². The lowest BCUT2D eigenvalue weighted by molar-refractivity contribution is -0.135. The molecule has 0 radical (unpaired) electrons. The van der Waals surface area contributed by atoms with E-state index < -0.39 is 0 Å². The van der Waals surface area contributed by atoms with Gasteiger partial charge in [-0.3, -0.25) is 4.79 Å². The molecule has 6 heteroatoms. The topological polar surface area (TPSA) is 59.4 Å². The molecule has 1 amide bonds. The van der Waals surface area contributed by atoms with Gasteiger partial charge in [-0.2, -0.15) is 0 Å². The predicted molar refractivity (Wildman–Crippen MR) is 71.6 cm³/mol. The highest BCUT2D eigenvalue weighted by Crippen LogP contribution is 2.03. The normalized spacial score (nSPS) is 15.7. The van der Waals surface area contributed by atoms with E-state index in [1.807, 2.05) is 15.7 Å². The number of carbonyl (C=O) groups excluding carboxylic acids is 1. The van der Waals surface area contributed by atoms with Gasteiger partial charge >= 0.3 is 0 Å². The van der Waals surface area contributed by atoms with E-state index in [1.54, 1.807) is 6.20 Å². The van der Waals surface area contributed by atoms with Crippen LogP contribution in [0.1, 0.15) is 19.2 Å². The van der Waals surface area contributed by atoms with E-state index in [2.05, 4.69) is 17.2 Å². The quantitative estimate of drug-likeness (QED) is 0.749. The van der Waals surface area contributed by atoms with Gasteiger partial charge in [0.05, 0.1) is 19.8 Å². The molecule has 0 spiro atoms. The minimum atomic E-state index is 0.137. The number of amides is 1. The highest BCUT2D eigenvalue weighted by atomic mass is 16.5. The lowest BCUT2D eigenvalue weighted by Gasteiger charge is -2.27. The van der Waals surface area contributed by atoms with Crippen LogP contribution in [-0.4, -0.2) is 53.2 Å². The maximum atomic E-state index is 12.1. The first-order valence-electron chi connectivity index (χ1n) is 6.87. The number of aromatic nitrogens is 2. The summed E-state index contributed by atoms with van der Waals surface area (Å²) < 4.78 is 7.17. The third-order valence-electron chi connectivity index (χ3n) is 3.18. The minimum Gasteiger partial charge on any atom is -0.378 e. The van der Waals surface area contributed by atoms with Gasteiger partial charge in [-0.15, -0.1) is 0 Å². The third-order valence-corrected chi connectivity index (χ3v) is 3.18. The smallest absolute Gasteiger partial charge is 0.242 e. The van der Waals surface area contributed by atoms with Crippen molar-refractivity contribution < 1.29 is 9.53 Å². The molecular formula is C13H22N4O2. The zero-order valence-corrected chi connectivity index (χ0v) is 11.5. The summed E-state index contributed by atoms with van der Waals surface area (Å²) in [5.41, 5.74) is 0. The van der Waals surface area contributed by atoms with Crippen molar-refractivity contribution in [3.63, 3.8) is 0 Å². The van der Waals surface area contributed by atoms with Crippen LogP contribution in [0.4, 0.5) is 0 Å². The molecule has 1 saturated heterocycles. The van der Waals surface area contributed by atoms with Gasteiger partial charge in [0.1, 0.15) is 12.4 Å². The standard InChI is InChI=1S/C13H22N4O2/c1-2-3-14-10-12-15-4-5-17(12)11-13(18)16-6-8-19-9-7-16/h4-5,14H,2-3,6-11H2,1H3. The second-order valence-corrected chi connectivity index (χ2v) is 4.64.